The lowest BCUT2D eigenvalue weighted by Crippen LogP contribution is -2.35. The summed E-state index contributed by atoms with van der Waals surface area (Å²) in [5.74, 6) is 0.0756. The van der Waals surface area contributed by atoms with Gasteiger partial charge >= 0.3 is 0 Å². The van der Waals surface area contributed by atoms with E-state index in [1.54, 1.807) is 7.05 Å². The molecule has 0 amide bonds. The lowest BCUT2D eigenvalue weighted by Gasteiger charge is -2.26. The van der Waals surface area contributed by atoms with Crippen molar-refractivity contribution in [2.24, 2.45) is 5.41 Å². The number of aryl methyl sites for hydroxylation is 1. The Morgan fingerprint density at radius 3 is 2.22 bits per heavy atom. The van der Waals surface area contributed by atoms with Crippen molar-refractivity contribution in [3.8, 4) is 0 Å². The van der Waals surface area contributed by atoms with Gasteiger partial charge in [0.05, 0.1) is 5.75 Å². The standard InChI is InChI=1S/C14H23NO2S/c1-12-8-6-7-9-13(12)10-18(16,17)15(5)11-14(2,3)4/h6-9H,10-11H2,1-5H3. The summed E-state index contributed by atoms with van der Waals surface area (Å²) < 4.78 is 26.0. The molecule has 0 aromatic heterocycles. The zero-order chi connectivity index (χ0) is 14.0. The summed E-state index contributed by atoms with van der Waals surface area (Å²) in [6.45, 7) is 8.57. The Labute approximate surface area is 111 Å². The van der Waals surface area contributed by atoms with E-state index in [1.807, 2.05) is 52.0 Å². The Kier molecular flexibility index (Phi) is 4.56. The SMILES string of the molecule is Cc1ccccc1CS(=O)(=O)N(C)CC(C)(C)C. The molecule has 0 bridgehead atoms. The van der Waals surface area contributed by atoms with Gasteiger partial charge < -0.3 is 0 Å². The van der Waals surface area contributed by atoms with Crippen LogP contribution in [0.15, 0.2) is 24.3 Å². The highest BCUT2D eigenvalue weighted by Gasteiger charge is 2.24. The Bertz CT molecular complexity index is 501. The largest absolute Gasteiger partial charge is 0.218 e. The maximum absolute atomic E-state index is 12.3. The summed E-state index contributed by atoms with van der Waals surface area (Å²) >= 11 is 0. The van der Waals surface area contributed by atoms with E-state index in [0.29, 0.717) is 6.54 Å². The van der Waals surface area contributed by atoms with Crippen LogP contribution < -0.4 is 0 Å². The van der Waals surface area contributed by atoms with Crippen LogP contribution in [-0.4, -0.2) is 26.3 Å². The second-order valence-electron chi connectivity index (χ2n) is 6.00. The Morgan fingerprint density at radius 1 is 1.17 bits per heavy atom. The molecule has 3 nitrogen and oxygen atoms in total. The molecule has 0 atom stereocenters. The fourth-order valence-corrected chi connectivity index (χ4v) is 3.37. The number of hydrogen-bond acceptors (Lipinski definition) is 2. The van der Waals surface area contributed by atoms with Crippen LogP contribution in [0.2, 0.25) is 0 Å². The van der Waals surface area contributed by atoms with Crippen molar-refractivity contribution < 1.29 is 8.42 Å². The highest BCUT2D eigenvalue weighted by molar-refractivity contribution is 7.88. The highest BCUT2D eigenvalue weighted by atomic mass is 32.2. The molecule has 0 fully saturated rings. The van der Waals surface area contributed by atoms with Crippen molar-refractivity contribution in [1.82, 2.24) is 4.31 Å². The van der Waals surface area contributed by atoms with Crippen molar-refractivity contribution in [1.29, 1.82) is 0 Å². The fraction of sp³-hybridized carbons (Fsp3) is 0.571. The molecule has 0 unspecified atom stereocenters. The second-order valence-corrected chi connectivity index (χ2v) is 8.08. The van der Waals surface area contributed by atoms with Crippen molar-refractivity contribution in [2.75, 3.05) is 13.6 Å². The molecule has 1 rings (SSSR count). The molecule has 102 valence electrons. The number of sulfonamides is 1. The minimum Gasteiger partial charge on any atom is -0.212 e. The zero-order valence-corrected chi connectivity index (χ0v) is 12.7. The number of nitrogens with zero attached hydrogens (tertiary/aromatic N) is 1. The van der Waals surface area contributed by atoms with Gasteiger partial charge in [-0.15, -0.1) is 0 Å². The molecule has 0 saturated heterocycles. The van der Waals surface area contributed by atoms with Crippen molar-refractivity contribution in [3.05, 3.63) is 35.4 Å². The molecule has 1 aromatic rings. The van der Waals surface area contributed by atoms with E-state index >= 15 is 0 Å². The van der Waals surface area contributed by atoms with Gasteiger partial charge in [-0.1, -0.05) is 45.0 Å². The fourth-order valence-electron chi connectivity index (χ4n) is 1.85. The van der Waals surface area contributed by atoms with Crippen molar-refractivity contribution >= 4 is 10.0 Å². The van der Waals surface area contributed by atoms with Crippen LogP contribution in [0.3, 0.4) is 0 Å². The van der Waals surface area contributed by atoms with Gasteiger partial charge in [-0.25, -0.2) is 12.7 Å². The average molecular weight is 269 g/mol. The maximum Gasteiger partial charge on any atom is 0.218 e. The van der Waals surface area contributed by atoms with Gasteiger partial charge in [0.15, 0.2) is 0 Å². The van der Waals surface area contributed by atoms with Gasteiger partial charge in [0.1, 0.15) is 0 Å². The number of benzene rings is 1. The molecule has 4 heteroatoms. The summed E-state index contributed by atoms with van der Waals surface area (Å²) in [4.78, 5) is 0. The van der Waals surface area contributed by atoms with Crippen LogP contribution in [0, 0.1) is 12.3 Å². The summed E-state index contributed by atoms with van der Waals surface area (Å²) in [5, 5.41) is 0. The molecular weight excluding hydrogens is 246 g/mol. The zero-order valence-electron chi connectivity index (χ0n) is 11.9. The first-order valence-electron chi connectivity index (χ1n) is 6.10. The summed E-state index contributed by atoms with van der Waals surface area (Å²) in [7, 11) is -1.58. The normalized spacial score (nSPS) is 13.0. The summed E-state index contributed by atoms with van der Waals surface area (Å²) in [6, 6.07) is 7.61. The monoisotopic (exact) mass is 269 g/mol. The quantitative estimate of drug-likeness (QED) is 0.843. The predicted octanol–water partition coefficient (Wildman–Crippen LogP) is 2.80. The minimum absolute atomic E-state index is 0.0342. The van der Waals surface area contributed by atoms with E-state index < -0.39 is 10.0 Å². The average Bonchev–Trinajstić information content (AvgIpc) is 2.18. The smallest absolute Gasteiger partial charge is 0.212 e. The molecule has 0 aliphatic rings. The van der Waals surface area contributed by atoms with Crippen LogP contribution in [0.1, 0.15) is 31.9 Å². The van der Waals surface area contributed by atoms with E-state index in [9.17, 15) is 8.42 Å². The maximum atomic E-state index is 12.3. The highest BCUT2D eigenvalue weighted by Crippen LogP contribution is 2.19. The third-order valence-electron chi connectivity index (χ3n) is 2.77. The van der Waals surface area contributed by atoms with Gasteiger partial charge in [0, 0.05) is 13.6 Å². The Hall–Kier alpha value is -0.870. The topological polar surface area (TPSA) is 37.4 Å². The molecule has 18 heavy (non-hydrogen) atoms. The second kappa shape index (κ2) is 5.41. The molecule has 0 heterocycles. The van der Waals surface area contributed by atoms with Gasteiger partial charge in [0.2, 0.25) is 10.0 Å². The molecule has 0 N–H and O–H groups in total. The van der Waals surface area contributed by atoms with Crippen LogP contribution in [0.25, 0.3) is 0 Å². The Balaban J connectivity index is 2.86. The third kappa shape index (κ3) is 4.42. The lowest BCUT2D eigenvalue weighted by molar-refractivity contribution is 0.310. The van der Waals surface area contributed by atoms with Crippen molar-refractivity contribution in [3.63, 3.8) is 0 Å². The molecule has 0 aliphatic heterocycles. The van der Waals surface area contributed by atoms with Gasteiger partial charge in [0.25, 0.3) is 0 Å². The summed E-state index contributed by atoms with van der Waals surface area (Å²) in [6.07, 6.45) is 0. The van der Waals surface area contributed by atoms with Gasteiger partial charge in [-0.2, -0.15) is 0 Å². The van der Waals surface area contributed by atoms with Gasteiger partial charge in [-0.3, -0.25) is 0 Å². The number of rotatable bonds is 4. The predicted molar refractivity (Wildman–Crippen MR) is 75.9 cm³/mol. The van der Waals surface area contributed by atoms with Crippen molar-refractivity contribution in [2.45, 2.75) is 33.4 Å². The Morgan fingerprint density at radius 2 is 1.72 bits per heavy atom. The molecule has 1 aromatic carbocycles. The molecule has 0 aliphatic carbocycles. The van der Waals surface area contributed by atoms with E-state index in [4.69, 9.17) is 0 Å². The van der Waals surface area contributed by atoms with Gasteiger partial charge in [-0.05, 0) is 23.5 Å². The van der Waals surface area contributed by atoms with E-state index in [2.05, 4.69) is 0 Å². The van der Waals surface area contributed by atoms with Crippen LogP contribution in [0.4, 0.5) is 0 Å². The minimum atomic E-state index is -3.24. The van der Waals surface area contributed by atoms with Crippen LogP contribution in [0.5, 0.6) is 0 Å². The van der Waals surface area contributed by atoms with Crippen LogP contribution in [-0.2, 0) is 15.8 Å². The summed E-state index contributed by atoms with van der Waals surface area (Å²) in [5.41, 5.74) is 1.86. The first kappa shape index (κ1) is 15.2. The molecular formula is C14H23NO2S. The van der Waals surface area contributed by atoms with E-state index in [-0.39, 0.29) is 11.2 Å². The lowest BCUT2D eigenvalue weighted by atomic mass is 9.97. The number of hydrogen-bond donors (Lipinski definition) is 0. The first-order chi connectivity index (χ1) is 8.12. The van der Waals surface area contributed by atoms with E-state index in [0.717, 1.165) is 11.1 Å². The third-order valence-corrected chi connectivity index (χ3v) is 4.53. The molecule has 0 spiro atoms. The molecule has 0 radical (unpaired) electrons. The van der Waals surface area contributed by atoms with Crippen LogP contribution >= 0.6 is 0 Å². The molecule has 0 saturated carbocycles. The first-order valence-corrected chi connectivity index (χ1v) is 7.71. The van der Waals surface area contributed by atoms with E-state index in [1.165, 1.54) is 4.31 Å².